The molecule has 0 aromatic heterocycles. The number of carbonyl (C=O) groups is 1. The van der Waals surface area contributed by atoms with Gasteiger partial charge in [0.1, 0.15) is 5.75 Å². The van der Waals surface area contributed by atoms with Gasteiger partial charge in [0.15, 0.2) is 0 Å². The second kappa shape index (κ2) is 7.56. The van der Waals surface area contributed by atoms with Gasteiger partial charge in [-0.2, -0.15) is 8.78 Å². The molecule has 116 valence electrons. The zero-order valence-corrected chi connectivity index (χ0v) is 12.1. The van der Waals surface area contributed by atoms with E-state index >= 15 is 0 Å². The Hall–Kier alpha value is -1.40. The van der Waals surface area contributed by atoms with Gasteiger partial charge < -0.3 is 15.4 Å². The number of amides is 1. The van der Waals surface area contributed by atoms with Crippen LogP contribution in [0.25, 0.3) is 0 Å². The molecule has 7 heteroatoms. The third-order valence-electron chi connectivity index (χ3n) is 3.03. The lowest BCUT2D eigenvalue weighted by Crippen LogP contribution is -2.29. The average Bonchev–Trinajstić information content (AvgIpc) is 3.21. The largest absolute Gasteiger partial charge is 0.434 e. The Labute approximate surface area is 126 Å². The van der Waals surface area contributed by atoms with Crippen molar-refractivity contribution >= 4 is 17.5 Å². The molecule has 0 aliphatic heterocycles. The van der Waals surface area contributed by atoms with E-state index in [2.05, 4.69) is 15.4 Å². The molecule has 0 saturated heterocycles. The van der Waals surface area contributed by atoms with Crippen LogP contribution < -0.4 is 15.4 Å². The molecule has 4 nitrogen and oxygen atoms in total. The van der Waals surface area contributed by atoms with Crippen LogP contribution in [0.5, 0.6) is 5.75 Å². The summed E-state index contributed by atoms with van der Waals surface area (Å²) in [5, 5.41) is 6.34. The van der Waals surface area contributed by atoms with Crippen molar-refractivity contribution in [3.05, 3.63) is 28.8 Å². The molecule has 2 N–H and O–H groups in total. The van der Waals surface area contributed by atoms with E-state index in [1.807, 2.05) is 0 Å². The first-order valence-corrected chi connectivity index (χ1v) is 7.15. The van der Waals surface area contributed by atoms with Crippen molar-refractivity contribution in [3.63, 3.8) is 0 Å². The SMILES string of the molecule is O=C(CCNCc1cc(Cl)ccc1OC(F)F)NC1CC1. The van der Waals surface area contributed by atoms with E-state index in [0.29, 0.717) is 36.1 Å². The van der Waals surface area contributed by atoms with Crippen molar-refractivity contribution in [2.24, 2.45) is 0 Å². The number of hydrogen-bond donors (Lipinski definition) is 2. The molecule has 0 spiro atoms. The monoisotopic (exact) mass is 318 g/mol. The third-order valence-corrected chi connectivity index (χ3v) is 3.26. The molecule has 1 amide bonds. The Morgan fingerprint density at radius 2 is 2.19 bits per heavy atom. The minimum absolute atomic E-state index is 0.000137. The molecule has 0 bridgehead atoms. The first-order chi connectivity index (χ1) is 10.0. The Balaban J connectivity index is 1.78. The first-order valence-electron chi connectivity index (χ1n) is 6.78. The van der Waals surface area contributed by atoms with E-state index in [9.17, 15) is 13.6 Å². The van der Waals surface area contributed by atoms with E-state index in [4.69, 9.17) is 11.6 Å². The molecular formula is C14H17ClF2N2O2. The molecule has 1 aliphatic carbocycles. The molecule has 1 saturated carbocycles. The van der Waals surface area contributed by atoms with Crippen LogP contribution in [0.2, 0.25) is 5.02 Å². The fraction of sp³-hybridized carbons (Fsp3) is 0.500. The molecule has 0 heterocycles. The maximum Gasteiger partial charge on any atom is 0.387 e. The lowest BCUT2D eigenvalue weighted by atomic mass is 10.2. The van der Waals surface area contributed by atoms with E-state index in [-0.39, 0.29) is 11.7 Å². The number of benzene rings is 1. The second-order valence-electron chi connectivity index (χ2n) is 4.90. The zero-order valence-electron chi connectivity index (χ0n) is 11.4. The summed E-state index contributed by atoms with van der Waals surface area (Å²) in [7, 11) is 0. The number of hydrogen-bond acceptors (Lipinski definition) is 3. The maximum absolute atomic E-state index is 12.3. The summed E-state index contributed by atoms with van der Waals surface area (Å²) in [6.07, 6.45) is 2.45. The summed E-state index contributed by atoms with van der Waals surface area (Å²) >= 11 is 5.85. The summed E-state index contributed by atoms with van der Waals surface area (Å²) in [5.74, 6) is 0.0875. The van der Waals surface area contributed by atoms with E-state index in [1.54, 1.807) is 6.07 Å². The van der Waals surface area contributed by atoms with Crippen LogP contribution in [0.15, 0.2) is 18.2 Å². The molecule has 2 rings (SSSR count). The molecule has 0 unspecified atom stereocenters. The third kappa shape index (κ3) is 5.85. The minimum Gasteiger partial charge on any atom is -0.434 e. The molecule has 1 aromatic carbocycles. The summed E-state index contributed by atoms with van der Waals surface area (Å²) in [4.78, 5) is 11.5. The van der Waals surface area contributed by atoms with Crippen LogP contribution in [0, 0.1) is 0 Å². The Morgan fingerprint density at radius 3 is 2.86 bits per heavy atom. The molecule has 1 fully saturated rings. The highest BCUT2D eigenvalue weighted by atomic mass is 35.5. The van der Waals surface area contributed by atoms with Crippen molar-refractivity contribution in [1.29, 1.82) is 0 Å². The highest BCUT2D eigenvalue weighted by molar-refractivity contribution is 6.30. The number of halogens is 3. The Bertz CT molecular complexity index is 496. The van der Waals surface area contributed by atoms with Gasteiger partial charge >= 0.3 is 6.61 Å². The molecule has 1 aliphatic rings. The summed E-state index contributed by atoms with van der Waals surface area (Å²) in [6.45, 7) is -2.12. The molecule has 0 atom stereocenters. The van der Waals surface area contributed by atoms with Gasteiger partial charge in [0, 0.05) is 36.1 Å². The number of alkyl halides is 2. The van der Waals surface area contributed by atoms with E-state index in [1.165, 1.54) is 12.1 Å². The van der Waals surface area contributed by atoms with Crippen LogP contribution >= 0.6 is 11.6 Å². The minimum atomic E-state index is -2.88. The Morgan fingerprint density at radius 1 is 1.43 bits per heavy atom. The first kappa shape index (κ1) is 16.0. The number of ether oxygens (including phenoxy) is 1. The van der Waals surface area contributed by atoms with Crippen molar-refractivity contribution in [2.75, 3.05) is 6.54 Å². The normalized spacial score (nSPS) is 14.3. The highest BCUT2D eigenvalue weighted by Crippen LogP contribution is 2.24. The van der Waals surface area contributed by atoms with Gasteiger partial charge in [0.2, 0.25) is 5.91 Å². The van der Waals surface area contributed by atoms with Gasteiger partial charge in [-0.25, -0.2) is 0 Å². The molecular weight excluding hydrogens is 302 g/mol. The van der Waals surface area contributed by atoms with Crippen LogP contribution in [-0.4, -0.2) is 25.1 Å². The molecule has 1 aromatic rings. The molecule has 21 heavy (non-hydrogen) atoms. The van der Waals surface area contributed by atoms with Gasteiger partial charge in [-0.1, -0.05) is 11.6 Å². The van der Waals surface area contributed by atoms with Gasteiger partial charge in [0.25, 0.3) is 0 Å². The lowest BCUT2D eigenvalue weighted by Gasteiger charge is -2.12. The van der Waals surface area contributed by atoms with E-state index in [0.717, 1.165) is 12.8 Å². The topological polar surface area (TPSA) is 50.4 Å². The van der Waals surface area contributed by atoms with Gasteiger partial charge in [-0.3, -0.25) is 4.79 Å². The smallest absolute Gasteiger partial charge is 0.387 e. The number of carbonyl (C=O) groups excluding carboxylic acids is 1. The maximum atomic E-state index is 12.3. The van der Waals surface area contributed by atoms with Crippen molar-refractivity contribution < 1.29 is 18.3 Å². The summed E-state index contributed by atoms with van der Waals surface area (Å²) < 4.78 is 29.0. The number of rotatable bonds is 8. The second-order valence-corrected chi connectivity index (χ2v) is 5.34. The standard InChI is InChI=1S/C14H17ClF2N2O2/c15-10-1-4-12(21-14(16)17)9(7-10)8-18-6-5-13(20)19-11-2-3-11/h1,4,7,11,14,18H,2-3,5-6,8H2,(H,19,20). The predicted molar refractivity (Wildman–Crippen MR) is 75.6 cm³/mol. The van der Waals surface area contributed by atoms with Crippen molar-refractivity contribution in [2.45, 2.75) is 38.5 Å². The summed E-state index contributed by atoms with van der Waals surface area (Å²) in [6, 6.07) is 4.81. The highest BCUT2D eigenvalue weighted by Gasteiger charge is 2.22. The van der Waals surface area contributed by atoms with Crippen molar-refractivity contribution in [3.8, 4) is 5.75 Å². The Kier molecular flexibility index (Phi) is 5.76. The molecule has 0 radical (unpaired) electrons. The van der Waals surface area contributed by atoms with Gasteiger partial charge in [0.05, 0.1) is 0 Å². The van der Waals surface area contributed by atoms with Crippen LogP contribution in [0.1, 0.15) is 24.8 Å². The fourth-order valence-electron chi connectivity index (χ4n) is 1.85. The summed E-state index contributed by atoms with van der Waals surface area (Å²) in [5.41, 5.74) is 0.533. The van der Waals surface area contributed by atoms with Crippen LogP contribution in [0.3, 0.4) is 0 Å². The average molecular weight is 319 g/mol. The predicted octanol–water partition coefficient (Wildman–Crippen LogP) is 2.70. The van der Waals surface area contributed by atoms with E-state index < -0.39 is 6.61 Å². The van der Waals surface area contributed by atoms with Crippen LogP contribution in [-0.2, 0) is 11.3 Å². The van der Waals surface area contributed by atoms with Gasteiger partial charge in [-0.15, -0.1) is 0 Å². The fourth-order valence-corrected chi connectivity index (χ4v) is 2.04. The quantitative estimate of drug-likeness (QED) is 0.725. The zero-order chi connectivity index (χ0) is 15.2. The van der Waals surface area contributed by atoms with Gasteiger partial charge in [-0.05, 0) is 31.0 Å². The number of nitrogens with one attached hydrogen (secondary N) is 2. The van der Waals surface area contributed by atoms with Crippen LogP contribution in [0.4, 0.5) is 8.78 Å². The van der Waals surface area contributed by atoms with Crippen molar-refractivity contribution in [1.82, 2.24) is 10.6 Å². The lowest BCUT2D eigenvalue weighted by molar-refractivity contribution is -0.121.